The fourth-order valence-corrected chi connectivity index (χ4v) is 1.77. The van der Waals surface area contributed by atoms with Crippen molar-refractivity contribution in [3.05, 3.63) is 34.7 Å². The number of halogens is 2. The van der Waals surface area contributed by atoms with Gasteiger partial charge in [0.1, 0.15) is 11.3 Å². The maximum absolute atomic E-state index is 11.6. The molecular formula is C10H10BrClN2O2. The van der Waals surface area contributed by atoms with Crippen molar-refractivity contribution >= 4 is 40.0 Å². The van der Waals surface area contributed by atoms with Gasteiger partial charge in [-0.25, -0.2) is 9.78 Å². The molecule has 0 saturated carbocycles. The fourth-order valence-electron chi connectivity index (χ4n) is 1.35. The molecule has 0 unspecified atom stereocenters. The topological polar surface area (TPSA) is 43.6 Å². The molecule has 0 aliphatic rings. The van der Waals surface area contributed by atoms with E-state index in [2.05, 4.69) is 20.9 Å². The summed E-state index contributed by atoms with van der Waals surface area (Å²) in [5, 5.41) is 0. The van der Waals surface area contributed by atoms with Crippen molar-refractivity contribution in [3.63, 3.8) is 0 Å². The average molecular weight is 306 g/mol. The molecule has 0 atom stereocenters. The Kier molecular flexibility index (Phi) is 4.32. The largest absolute Gasteiger partial charge is 0.461 e. The van der Waals surface area contributed by atoms with Gasteiger partial charge in [-0.15, -0.1) is 12.4 Å². The third-order valence-corrected chi connectivity index (χ3v) is 2.41. The molecule has 2 aromatic rings. The molecule has 16 heavy (non-hydrogen) atoms. The predicted octanol–water partition coefficient (Wildman–Crippen LogP) is 2.70. The number of hydrogen-bond donors (Lipinski definition) is 0. The summed E-state index contributed by atoms with van der Waals surface area (Å²) < 4.78 is 7.46. The molecule has 2 rings (SSSR count). The number of carbonyl (C=O) groups excluding carboxylic acids is 1. The van der Waals surface area contributed by atoms with Crippen LogP contribution in [0.15, 0.2) is 29.0 Å². The highest BCUT2D eigenvalue weighted by molar-refractivity contribution is 9.10. The van der Waals surface area contributed by atoms with Crippen molar-refractivity contribution in [2.45, 2.75) is 6.92 Å². The van der Waals surface area contributed by atoms with E-state index in [-0.39, 0.29) is 18.4 Å². The quantitative estimate of drug-likeness (QED) is 0.801. The second-order valence-electron chi connectivity index (χ2n) is 2.93. The van der Waals surface area contributed by atoms with Crippen LogP contribution in [0.5, 0.6) is 0 Å². The van der Waals surface area contributed by atoms with E-state index in [1.54, 1.807) is 29.8 Å². The second-order valence-corrected chi connectivity index (χ2v) is 3.85. The Morgan fingerprint density at radius 2 is 2.31 bits per heavy atom. The third kappa shape index (κ3) is 2.36. The van der Waals surface area contributed by atoms with Crippen molar-refractivity contribution in [2.24, 2.45) is 0 Å². The maximum atomic E-state index is 11.6. The first-order valence-electron chi connectivity index (χ1n) is 4.52. The molecule has 0 spiro atoms. The Labute approximate surface area is 107 Å². The van der Waals surface area contributed by atoms with E-state index in [1.807, 2.05) is 6.07 Å². The molecule has 0 aromatic carbocycles. The van der Waals surface area contributed by atoms with Gasteiger partial charge in [0.25, 0.3) is 0 Å². The molecule has 0 amide bonds. The summed E-state index contributed by atoms with van der Waals surface area (Å²) in [6, 6.07) is 3.55. The molecule has 0 bridgehead atoms. The van der Waals surface area contributed by atoms with Crippen LogP contribution in [-0.4, -0.2) is 22.0 Å². The Hall–Kier alpha value is -1.07. The highest BCUT2D eigenvalue weighted by Gasteiger charge is 2.12. The summed E-state index contributed by atoms with van der Waals surface area (Å²) in [6.07, 6.45) is 3.37. The molecule has 2 heterocycles. The summed E-state index contributed by atoms with van der Waals surface area (Å²) in [4.78, 5) is 15.7. The fraction of sp³-hybridized carbons (Fsp3) is 0.200. The monoisotopic (exact) mass is 304 g/mol. The second kappa shape index (κ2) is 5.32. The molecule has 2 aromatic heterocycles. The number of carbonyl (C=O) groups is 1. The lowest BCUT2D eigenvalue weighted by molar-refractivity contribution is 0.0517. The highest BCUT2D eigenvalue weighted by atomic mass is 79.9. The van der Waals surface area contributed by atoms with Gasteiger partial charge in [-0.3, -0.25) is 4.40 Å². The summed E-state index contributed by atoms with van der Waals surface area (Å²) in [5.41, 5.74) is 1.19. The van der Waals surface area contributed by atoms with Crippen LogP contribution >= 0.6 is 28.3 Å². The van der Waals surface area contributed by atoms with Crippen molar-refractivity contribution in [3.8, 4) is 0 Å². The van der Waals surface area contributed by atoms with Gasteiger partial charge in [0.15, 0.2) is 0 Å². The van der Waals surface area contributed by atoms with E-state index >= 15 is 0 Å². The summed E-state index contributed by atoms with van der Waals surface area (Å²) in [5.74, 6) is -0.346. The molecule has 6 heteroatoms. The number of pyridine rings is 1. The number of aromatic nitrogens is 2. The number of nitrogens with zero attached hydrogens (tertiary/aromatic N) is 2. The van der Waals surface area contributed by atoms with Crippen LogP contribution in [0.1, 0.15) is 17.4 Å². The van der Waals surface area contributed by atoms with Crippen molar-refractivity contribution in [2.75, 3.05) is 6.61 Å². The average Bonchev–Trinajstić information content (AvgIpc) is 2.64. The number of rotatable bonds is 2. The van der Waals surface area contributed by atoms with Crippen LogP contribution in [0.4, 0.5) is 0 Å². The lowest BCUT2D eigenvalue weighted by atomic mass is 10.3. The Bertz CT molecular complexity index is 512. The van der Waals surface area contributed by atoms with Gasteiger partial charge in [0, 0.05) is 16.9 Å². The highest BCUT2D eigenvalue weighted by Crippen LogP contribution is 2.16. The van der Waals surface area contributed by atoms with E-state index in [4.69, 9.17) is 4.74 Å². The van der Waals surface area contributed by atoms with Gasteiger partial charge in [-0.2, -0.15) is 0 Å². The van der Waals surface area contributed by atoms with Gasteiger partial charge in [0.2, 0.25) is 0 Å². The normalized spacial score (nSPS) is 9.88. The number of esters is 1. The van der Waals surface area contributed by atoms with E-state index in [0.29, 0.717) is 17.9 Å². The first-order valence-corrected chi connectivity index (χ1v) is 5.31. The van der Waals surface area contributed by atoms with Gasteiger partial charge < -0.3 is 4.74 Å². The molecule has 0 aliphatic carbocycles. The minimum atomic E-state index is -0.346. The summed E-state index contributed by atoms with van der Waals surface area (Å²) >= 11 is 3.33. The molecule has 4 nitrogen and oxygen atoms in total. The Morgan fingerprint density at radius 1 is 1.56 bits per heavy atom. The standard InChI is InChI=1S/C10H9BrN2O2.ClH/c1-2-15-10(14)8-5-7(11)6-9-12-3-4-13(8)9;/h3-6H,2H2,1H3;1H. The lowest BCUT2D eigenvalue weighted by Gasteiger charge is -2.05. The first kappa shape index (κ1) is 13.0. The molecule has 0 saturated heterocycles. The van der Waals surface area contributed by atoms with Gasteiger partial charge in [0.05, 0.1) is 6.61 Å². The zero-order valence-corrected chi connectivity index (χ0v) is 10.9. The smallest absolute Gasteiger partial charge is 0.355 e. The van der Waals surface area contributed by atoms with Crippen molar-refractivity contribution in [1.29, 1.82) is 0 Å². The zero-order chi connectivity index (χ0) is 10.8. The Balaban J connectivity index is 0.00000128. The number of imidazole rings is 1. The van der Waals surface area contributed by atoms with Crippen LogP contribution in [-0.2, 0) is 4.74 Å². The summed E-state index contributed by atoms with van der Waals surface area (Å²) in [6.45, 7) is 2.14. The van der Waals surface area contributed by atoms with Gasteiger partial charge >= 0.3 is 5.97 Å². The zero-order valence-electron chi connectivity index (χ0n) is 8.51. The van der Waals surface area contributed by atoms with Crippen molar-refractivity contribution in [1.82, 2.24) is 9.38 Å². The summed E-state index contributed by atoms with van der Waals surface area (Å²) in [7, 11) is 0. The Morgan fingerprint density at radius 3 is 3.00 bits per heavy atom. The third-order valence-electron chi connectivity index (χ3n) is 1.96. The minimum absolute atomic E-state index is 0. The van der Waals surface area contributed by atoms with Crippen LogP contribution in [0, 0.1) is 0 Å². The number of hydrogen-bond acceptors (Lipinski definition) is 3. The molecule has 0 fully saturated rings. The van der Waals surface area contributed by atoms with E-state index in [1.165, 1.54) is 0 Å². The van der Waals surface area contributed by atoms with E-state index in [0.717, 1.165) is 4.47 Å². The molecular weight excluding hydrogens is 295 g/mol. The van der Waals surface area contributed by atoms with Crippen LogP contribution in [0.25, 0.3) is 5.65 Å². The van der Waals surface area contributed by atoms with Crippen molar-refractivity contribution < 1.29 is 9.53 Å². The van der Waals surface area contributed by atoms with Crippen LogP contribution < -0.4 is 0 Å². The number of fused-ring (bicyclic) bond motifs is 1. The molecule has 0 aliphatic heterocycles. The number of ether oxygens (including phenoxy) is 1. The van der Waals surface area contributed by atoms with Crippen LogP contribution in [0.2, 0.25) is 0 Å². The van der Waals surface area contributed by atoms with Crippen LogP contribution in [0.3, 0.4) is 0 Å². The SMILES string of the molecule is CCOC(=O)c1cc(Br)cc2nccn12.Cl. The molecule has 0 radical (unpaired) electrons. The predicted molar refractivity (Wildman–Crippen MR) is 66.1 cm³/mol. The van der Waals surface area contributed by atoms with Gasteiger partial charge in [-0.05, 0) is 19.1 Å². The lowest BCUT2D eigenvalue weighted by Crippen LogP contribution is -2.09. The molecule has 0 N–H and O–H groups in total. The van der Waals surface area contributed by atoms with Gasteiger partial charge in [-0.1, -0.05) is 15.9 Å². The minimum Gasteiger partial charge on any atom is -0.461 e. The first-order chi connectivity index (χ1) is 7.22. The van der Waals surface area contributed by atoms with E-state index < -0.39 is 0 Å². The maximum Gasteiger partial charge on any atom is 0.355 e. The molecule has 86 valence electrons. The van der Waals surface area contributed by atoms with E-state index in [9.17, 15) is 4.79 Å².